The third kappa shape index (κ3) is 3.10. The molecule has 4 aliphatic rings. The van der Waals surface area contributed by atoms with Crippen LogP contribution < -0.4 is 14.8 Å². The molecule has 0 radical (unpaired) electrons. The molecule has 0 spiro atoms. The van der Waals surface area contributed by atoms with E-state index < -0.39 is 0 Å². The lowest BCUT2D eigenvalue weighted by Gasteiger charge is -2.65. The lowest BCUT2D eigenvalue weighted by molar-refractivity contribution is -0.118. The van der Waals surface area contributed by atoms with Gasteiger partial charge in [-0.2, -0.15) is 0 Å². The number of benzene rings is 1. The minimum atomic E-state index is 0.295. The predicted octanol–water partition coefficient (Wildman–Crippen LogP) is 5.30. The molecule has 1 aromatic carbocycles. The second-order valence-corrected chi connectivity index (χ2v) is 10.5. The van der Waals surface area contributed by atoms with Crippen LogP contribution in [-0.4, -0.2) is 19.8 Å². The third-order valence-electron chi connectivity index (χ3n) is 6.80. The zero-order valence-corrected chi connectivity index (χ0v) is 17.5. The Kier molecular flexibility index (Phi) is 4.16. The summed E-state index contributed by atoms with van der Waals surface area (Å²) in [4.78, 5) is 0. The van der Waals surface area contributed by atoms with Crippen LogP contribution in [0, 0.1) is 16.7 Å². The van der Waals surface area contributed by atoms with E-state index >= 15 is 0 Å². The molecule has 4 saturated carbocycles. The monoisotopic (exact) mass is 407 g/mol. The Morgan fingerprint density at radius 1 is 1.04 bits per heavy atom. The van der Waals surface area contributed by atoms with Gasteiger partial charge in [-0.1, -0.05) is 29.8 Å². The Morgan fingerprint density at radius 3 is 2.28 bits per heavy atom. The first-order valence-corrected chi connectivity index (χ1v) is 10.2. The highest BCUT2D eigenvalue weighted by molar-refractivity contribution is 9.10. The maximum atomic E-state index is 5.65. The van der Waals surface area contributed by atoms with Gasteiger partial charge in [0.15, 0.2) is 11.5 Å². The first kappa shape index (κ1) is 17.7. The number of halogens is 1. The molecule has 5 rings (SSSR count). The van der Waals surface area contributed by atoms with Crippen LogP contribution in [0.5, 0.6) is 11.5 Å². The van der Waals surface area contributed by atoms with E-state index in [1.54, 1.807) is 14.2 Å². The highest BCUT2D eigenvalue weighted by Gasteiger charge is 2.59. The molecule has 0 heterocycles. The van der Waals surface area contributed by atoms with Gasteiger partial charge in [0.05, 0.1) is 14.2 Å². The normalized spacial score (nSPS) is 38.8. The largest absolute Gasteiger partial charge is 0.493 e. The molecule has 0 aromatic heterocycles. The van der Waals surface area contributed by atoms with Crippen molar-refractivity contribution in [3.05, 3.63) is 22.2 Å². The summed E-state index contributed by atoms with van der Waals surface area (Å²) in [6.45, 7) is 5.88. The molecule has 1 N–H and O–H groups in total. The Morgan fingerprint density at radius 2 is 1.72 bits per heavy atom. The Hall–Kier alpha value is -0.740. The van der Waals surface area contributed by atoms with Gasteiger partial charge in [-0.15, -0.1) is 0 Å². The fourth-order valence-electron chi connectivity index (χ4n) is 7.06. The molecular formula is C21H30BrNO2. The van der Waals surface area contributed by atoms with E-state index in [9.17, 15) is 0 Å². The lowest BCUT2D eigenvalue weighted by atomic mass is 9.43. The van der Waals surface area contributed by atoms with Crippen LogP contribution in [-0.2, 0) is 6.54 Å². The number of hydrogen-bond donors (Lipinski definition) is 1. The SMILES string of the molecule is COc1cc(Br)cc(CNC23CC4C[C@@](C)(C2)C[C@](C)(C4)C3)c1OC. The summed E-state index contributed by atoms with van der Waals surface area (Å²) < 4.78 is 12.2. The fraction of sp³-hybridized carbons (Fsp3) is 0.714. The number of hydrogen-bond acceptors (Lipinski definition) is 3. The molecule has 4 fully saturated rings. The topological polar surface area (TPSA) is 30.5 Å². The quantitative estimate of drug-likeness (QED) is 0.717. The van der Waals surface area contributed by atoms with Crippen LogP contribution in [0.25, 0.3) is 0 Å². The number of nitrogens with one attached hydrogen (secondary N) is 1. The van der Waals surface area contributed by atoms with Crippen molar-refractivity contribution in [2.24, 2.45) is 16.7 Å². The maximum Gasteiger partial charge on any atom is 0.165 e. The minimum Gasteiger partial charge on any atom is -0.493 e. The number of methoxy groups -OCH3 is 2. The van der Waals surface area contributed by atoms with Crippen LogP contribution >= 0.6 is 15.9 Å². The molecule has 1 aromatic rings. The van der Waals surface area contributed by atoms with E-state index in [0.29, 0.717) is 16.4 Å². The fourth-order valence-corrected chi connectivity index (χ4v) is 7.55. The Bertz CT molecular complexity index is 671. The van der Waals surface area contributed by atoms with Crippen molar-refractivity contribution in [2.45, 2.75) is 64.5 Å². The molecule has 4 atom stereocenters. The second kappa shape index (κ2) is 5.88. The van der Waals surface area contributed by atoms with Crippen molar-refractivity contribution in [1.82, 2.24) is 5.32 Å². The van der Waals surface area contributed by atoms with Crippen molar-refractivity contribution in [2.75, 3.05) is 14.2 Å². The first-order chi connectivity index (χ1) is 11.8. The molecule has 0 saturated heterocycles. The van der Waals surface area contributed by atoms with Crippen molar-refractivity contribution < 1.29 is 9.47 Å². The van der Waals surface area contributed by atoms with E-state index in [4.69, 9.17) is 9.47 Å². The van der Waals surface area contributed by atoms with Gasteiger partial charge in [0.25, 0.3) is 0 Å². The minimum absolute atomic E-state index is 0.295. The van der Waals surface area contributed by atoms with Gasteiger partial charge >= 0.3 is 0 Å². The van der Waals surface area contributed by atoms with Crippen molar-refractivity contribution >= 4 is 15.9 Å². The molecule has 4 heteroatoms. The summed E-state index contributed by atoms with van der Waals surface area (Å²) in [6.07, 6.45) is 8.25. The predicted molar refractivity (Wildman–Crippen MR) is 104 cm³/mol. The van der Waals surface area contributed by atoms with Gasteiger partial charge in [-0.3, -0.25) is 0 Å². The van der Waals surface area contributed by atoms with E-state index in [2.05, 4.69) is 41.2 Å². The third-order valence-corrected chi connectivity index (χ3v) is 7.26. The number of rotatable bonds is 5. The van der Waals surface area contributed by atoms with E-state index in [-0.39, 0.29) is 0 Å². The van der Waals surface area contributed by atoms with Crippen molar-refractivity contribution in [3.8, 4) is 11.5 Å². The molecule has 138 valence electrons. The van der Waals surface area contributed by atoms with Gasteiger partial charge in [-0.25, -0.2) is 0 Å². The van der Waals surface area contributed by atoms with Crippen LogP contribution in [0.3, 0.4) is 0 Å². The van der Waals surface area contributed by atoms with Crippen molar-refractivity contribution in [3.63, 3.8) is 0 Å². The summed E-state index contributed by atoms with van der Waals surface area (Å²) in [5.41, 5.74) is 2.52. The smallest absolute Gasteiger partial charge is 0.165 e. The summed E-state index contributed by atoms with van der Waals surface area (Å²) >= 11 is 3.60. The summed E-state index contributed by atoms with van der Waals surface area (Å²) in [5, 5.41) is 3.99. The molecule has 2 unspecified atom stereocenters. The second-order valence-electron chi connectivity index (χ2n) is 9.56. The van der Waals surface area contributed by atoms with Crippen LogP contribution in [0.15, 0.2) is 16.6 Å². The van der Waals surface area contributed by atoms with Gasteiger partial charge in [0.1, 0.15) is 0 Å². The Labute approximate surface area is 160 Å². The van der Waals surface area contributed by atoms with Gasteiger partial charge < -0.3 is 14.8 Å². The highest BCUT2D eigenvalue weighted by Crippen LogP contribution is 2.66. The van der Waals surface area contributed by atoms with Crippen molar-refractivity contribution in [1.29, 1.82) is 0 Å². The summed E-state index contributed by atoms with van der Waals surface area (Å²) in [6, 6.07) is 4.12. The zero-order valence-electron chi connectivity index (χ0n) is 15.9. The highest BCUT2D eigenvalue weighted by atomic mass is 79.9. The molecule has 4 bridgehead atoms. The van der Waals surface area contributed by atoms with Gasteiger partial charge in [0, 0.05) is 22.1 Å². The summed E-state index contributed by atoms with van der Waals surface area (Å²) in [7, 11) is 3.42. The van der Waals surface area contributed by atoms with E-state index in [1.165, 1.54) is 44.1 Å². The average molecular weight is 408 g/mol. The van der Waals surface area contributed by atoms with Gasteiger partial charge in [0.2, 0.25) is 0 Å². The molecule has 0 aliphatic heterocycles. The molecular weight excluding hydrogens is 378 g/mol. The molecule has 4 aliphatic carbocycles. The van der Waals surface area contributed by atoms with E-state index in [1.807, 2.05) is 6.07 Å². The average Bonchev–Trinajstić information content (AvgIpc) is 2.48. The van der Waals surface area contributed by atoms with Crippen LogP contribution in [0.1, 0.15) is 57.9 Å². The number of ether oxygens (including phenoxy) is 2. The standard InChI is InChI=1S/C21H30BrNO2/c1-19-7-14-8-20(2,11-19)13-21(9-14,12-19)23-10-15-5-16(22)6-17(24-3)18(15)25-4/h5-6,14,23H,7-13H2,1-4H3/t14?,19-,20+,21?. The summed E-state index contributed by atoms with van der Waals surface area (Å²) in [5.74, 6) is 2.54. The zero-order chi connectivity index (χ0) is 17.9. The molecule has 25 heavy (non-hydrogen) atoms. The van der Waals surface area contributed by atoms with Crippen LogP contribution in [0.2, 0.25) is 0 Å². The lowest BCUT2D eigenvalue weighted by Crippen LogP contribution is -2.63. The Balaban J connectivity index is 1.59. The molecule has 0 amide bonds. The van der Waals surface area contributed by atoms with Crippen LogP contribution in [0.4, 0.5) is 0 Å². The molecule has 3 nitrogen and oxygen atoms in total. The van der Waals surface area contributed by atoms with E-state index in [0.717, 1.165) is 28.4 Å². The first-order valence-electron chi connectivity index (χ1n) is 9.43. The van der Waals surface area contributed by atoms with Gasteiger partial charge in [-0.05, 0) is 67.4 Å². The maximum absolute atomic E-state index is 5.65.